The first kappa shape index (κ1) is 15.7. The maximum Gasteiger partial charge on any atom is 0.169 e. The first-order valence-electron chi connectivity index (χ1n) is 7.98. The van der Waals surface area contributed by atoms with Crippen LogP contribution in [0.25, 0.3) is 0 Å². The fraction of sp³-hybridized carbons (Fsp3) is 0.688. The lowest BCUT2D eigenvalue weighted by Gasteiger charge is -2.33. The van der Waals surface area contributed by atoms with Crippen molar-refractivity contribution in [2.45, 2.75) is 46.0 Å². The van der Waals surface area contributed by atoms with Crippen LogP contribution in [0.3, 0.4) is 0 Å². The highest BCUT2D eigenvalue weighted by Gasteiger charge is 2.24. The highest BCUT2D eigenvalue weighted by atomic mass is 15.3. The van der Waals surface area contributed by atoms with Gasteiger partial charge in [0.1, 0.15) is 11.6 Å². The molecule has 1 aliphatic heterocycles. The summed E-state index contributed by atoms with van der Waals surface area (Å²) < 4.78 is 0. The zero-order valence-corrected chi connectivity index (χ0v) is 13.1. The fourth-order valence-electron chi connectivity index (χ4n) is 3.17. The van der Waals surface area contributed by atoms with Crippen molar-refractivity contribution < 1.29 is 0 Å². The predicted molar refractivity (Wildman–Crippen MR) is 84.1 cm³/mol. The minimum atomic E-state index is 0.713. The zero-order chi connectivity index (χ0) is 15.2. The normalized spacial score (nSPS) is 16.0. The Hall–Kier alpha value is -1.67. The van der Waals surface area contributed by atoms with Crippen molar-refractivity contribution >= 4 is 5.82 Å². The fourth-order valence-corrected chi connectivity index (χ4v) is 3.17. The summed E-state index contributed by atoms with van der Waals surface area (Å²) in [5, 5.41) is 18.3. The Morgan fingerprint density at radius 2 is 1.95 bits per heavy atom. The van der Waals surface area contributed by atoms with E-state index in [0.717, 1.165) is 74.4 Å². The van der Waals surface area contributed by atoms with E-state index in [4.69, 9.17) is 5.73 Å². The SMILES string of the molecule is CCc1nnc(N2CCC(CCN)CC2)c(C#N)c1CC. The number of nitrogens with zero attached hydrogens (tertiary/aromatic N) is 4. The Morgan fingerprint density at radius 1 is 1.24 bits per heavy atom. The molecule has 5 nitrogen and oxygen atoms in total. The summed E-state index contributed by atoms with van der Waals surface area (Å²) in [6.07, 6.45) is 5.00. The van der Waals surface area contributed by atoms with Crippen molar-refractivity contribution in [3.63, 3.8) is 0 Å². The number of nitrogens with two attached hydrogens (primary N) is 1. The van der Waals surface area contributed by atoms with E-state index in [2.05, 4.69) is 35.0 Å². The highest BCUT2D eigenvalue weighted by molar-refractivity contribution is 5.58. The molecule has 0 aromatic carbocycles. The first-order valence-corrected chi connectivity index (χ1v) is 7.98. The minimum absolute atomic E-state index is 0.713. The molecule has 0 atom stereocenters. The summed E-state index contributed by atoms with van der Waals surface area (Å²) in [4.78, 5) is 2.22. The second kappa shape index (κ2) is 7.37. The minimum Gasteiger partial charge on any atom is -0.354 e. The number of aromatic nitrogens is 2. The molecule has 0 spiro atoms. The number of hydrogen-bond donors (Lipinski definition) is 1. The second-order valence-electron chi connectivity index (χ2n) is 5.65. The van der Waals surface area contributed by atoms with E-state index in [9.17, 15) is 5.26 Å². The van der Waals surface area contributed by atoms with E-state index in [1.807, 2.05) is 0 Å². The summed E-state index contributed by atoms with van der Waals surface area (Å²) in [5.74, 6) is 1.49. The molecule has 1 aromatic heterocycles. The molecule has 1 fully saturated rings. The van der Waals surface area contributed by atoms with Gasteiger partial charge in [-0.2, -0.15) is 10.4 Å². The molecule has 2 rings (SSSR count). The predicted octanol–water partition coefficient (Wildman–Crippen LogP) is 2.04. The van der Waals surface area contributed by atoms with E-state index in [0.29, 0.717) is 5.92 Å². The lowest BCUT2D eigenvalue weighted by molar-refractivity contribution is 0.384. The van der Waals surface area contributed by atoms with Crippen molar-refractivity contribution in [3.05, 3.63) is 16.8 Å². The van der Waals surface area contributed by atoms with Gasteiger partial charge < -0.3 is 10.6 Å². The quantitative estimate of drug-likeness (QED) is 0.896. The lowest BCUT2D eigenvalue weighted by atomic mass is 9.93. The third kappa shape index (κ3) is 3.33. The van der Waals surface area contributed by atoms with Crippen molar-refractivity contribution in [1.82, 2.24) is 10.2 Å². The smallest absolute Gasteiger partial charge is 0.169 e. The van der Waals surface area contributed by atoms with Crippen LogP contribution in [0.2, 0.25) is 0 Å². The number of hydrogen-bond acceptors (Lipinski definition) is 5. The molecule has 0 radical (unpaired) electrons. The standard InChI is InChI=1S/C16H25N5/c1-3-13-14(11-18)16(20-19-15(13)4-2)21-9-6-12(5-8-17)7-10-21/h12H,3-10,17H2,1-2H3. The van der Waals surface area contributed by atoms with E-state index < -0.39 is 0 Å². The van der Waals surface area contributed by atoms with E-state index in [1.54, 1.807) is 0 Å². The van der Waals surface area contributed by atoms with Gasteiger partial charge >= 0.3 is 0 Å². The molecule has 1 aromatic rings. The average molecular weight is 287 g/mol. The highest BCUT2D eigenvalue weighted by Crippen LogP contribution is 2.28. The van der Waals surface area contributed by atoms with Crippen LogP contribution in [-0.2, 0) is 12.8 Å². The van der Waals surface area contributed by atoms with E-state index in [1.165, 1.54) is 0 Å². The number of aryl methyl sites for hydroxylation is 1. The Balaban J connectivity index is 2.23. The number of rotatable bonds is 5. The van der Waals surface area contributed by atoms with Crippen molar-refractivity contribution in [2.24, 2.45) is 11.7 Å². The van der Waals surface area contributed by atoms with Gasteiger partial charge in [-0.3, -0.25) is 0 Å². The molecule has 2 N–H and O–H groups in total. The molecular formula is C16H25N5. The number of piperidine rings is 1. The van der Waals surface area contributed by atoms with Gasteiger partial charge in [-0.05, 0) is 50.1 Å². The molecule has 2 heterocycles. The Bertz CT molecular complexity index is 512. The Kier molecular flexibility index (Phi) is 5.51. The molecule has 5 heteroatoms. The number of anilines is 1. The molecule has 1 saturated heterocycles. The maximum atomic E-state index is 9.56. The number of nitriles is 1. The van der Waals surface area contributed by atoms with Gasteiger partial charge in [-0.25, -0.2) is 0 Å². The van der Waals surface area contributed by atoms with Crippen molar-refractivity contribution in [2.75, 3.05) is 24.5 Å². The van der Waals surface area contributed by atoms with Gasteiger partial charge in [0, 0.05) is 13.1 Å². The monoisotopic (exact) mass is 287 g/mol. The average Bonchev–Trinajstić information content (AvgIpc) is 2.54. The first-order chi connectivity index (χ1) is 10.2. The molecule has 114 valence electrons. The van der Waals surface area contributed by atoms with Gasteiger partial charge in [0.05, 0.1) is 5.69 Å². The largest absolute Gasteiger partial charge is 0.354 e. The van der Waals surface area contributed by atoms with Crippen LogP contribution in [0.1, 0.15) is 49.9 Å². The van der Waals surface area contributed by atoms with Crippen molar-refractivity contribution in [3.8, 4) is 6.07 Å². The maximum absolute atomic E-state index is 9.56. The van der Waals surface area contributed by atoms with Crippen molar-refractivity contribution in [1.29, 1.82) is 5.26 Å². The molecule has 0 bridgehead atoms. The van der Waals surface area contributed by atoms with Gasteiger partial charge in [-0.15, -0.1) is 5.10 Å². The third-order valence-electron chi connectivity index (χ3n) is 4.43. The van der Waals surface area contributed by atoms with Crippen LogP contribution < -0.4 is 10.6 Å². The molecular weight excluding hydrogens is 262 g/mol. The topological polar surface area (TPSA) is 78.8 Å². The van der Waals surface area contributed by atoms with Gasteiger partial charge in [0.2, 0.25) is 0 Å². The Labute approximate surface area is 127 Å². The van der Waals surface area contributed by atoms with Crippen LogP contribution in [0, 0.1) is 17.2 Å². The molecule has 0 amide bonds. The van der Waals surface area contributed by atoms with Crippen LogP contribution in [0.15, 0.2) is 0 Å². The van der Waals surface area contributed by atoms with Crippen LogP contribution in [0.5, 0.6) is 0 Å². The van der Waals surface area contributed by atoms with Crippen LogP contribution in [0.4, 0.5) is 5.82 Å². The van der Waals surface area contributed by atoms with Crippen LogP contribution >= 0.6 is 0 Å². The van der Waals surface area contributed by atoms with Crippen LogP contribution in [-0.4, -0.2) is 29.8 Å². The molecule has 0 aliphatic carbocycles. The zero-order valence-electron chi connectivity index (χ0n) is 13.1. The summed E-state index contributed by atoms with van der Waals surface area (Å²) in [7, 11) is 0. The van der Waals surface area contributed by atoms with Gasteiger partial charge in [0.25, 0.3) is 0 Å². The van der Waals surface area contributed by atoms with E-state index >= 15 is 0 Å². The Morgan fingerprint density at radius 3 is 2.48 bits per heavy atom. The molecule has 0 saturated carbocycles. The summed E-state index contributed by atoms with van der Waals surface area (Å²) in [5.41, 5.74) is 8.38. The summed E-state index contributed by atoms with van der Waals surface area (Å²) in [6, 6.07) is 2.36. The summed E-state index contributed by atoms with van der Waals surface area (Å²) >= 11 is 0. The summed E-state index contributed by atoms with van der Waals surface area (Å²) in [6.45, 7) is 6.79. The van der Waals surface area contributed by atoms with E-state index in [-0.39, 0.29) is 0 Å². The van der Waals surface area contributed by atoms with Gasteiger partial charge in [-0.1, -0.05) is 13.8 Å². The second-order valence-corrected chi connectivity index (χ2v) is 5.65. The lowest BCUT2D eigenvalue weighted by Crippen LogP contribution is -2.35. The molecule has 1 aliphatic rings. The third-order valence-corrected chi connectivity index (χ3v) is 4.43. The molecule has 0 unspecified atom stereocenters. The van der Waals surface area contributed by atoms with Gasteiger partial charge in [0.15, 0.2) is 5.82 Å². The molecule has 21 heavy (non-hydrogen) atoms.